The van der Waals surface area contributed by atoms with Gasteiger partial charge in [0.2, 0.25) is 11.2 Å². The Hall–Kier alpha value is -3.89. The highest BCUT2D eigenvalue weighted by atomic mass is 16.7. The zero-order valence-corrected chi connectivity index (χ0v) is 29.3. The van der Waals surface area contributed by atoms with Crippen molar-refractivity contribution in [2.24, 2.45) is 21.7 Å². The first-order valence-electron chi connectivity index (χ1n) is 16.8. The van der Waals surface area contributed by atoms with Crippen LogP contribution in [0.1, 0.15) is 118 Å². The van der Waals surface area contributed by atoms with Gasteiger partial charge in [0.05, 0.1) is 21.8 Å². The summed E-state index contributed by atoms with van der Waals surface area (Å²) in [4.78, 5) is 68.5. The highest BCUT2D eigenvalue weighted by Gasteiger charge is 2.78. The van der Waals surface area contributed by atoms with Gasteiger partial charge in [0.25, 0.3) is 0 Å². The predicted molar refractivity (Wildman–Crippen MR) is 170 cm³/mol. The molecule has 7 rings (SSSR count). The minimum Gasteiger partial charge on any atom is -0.483 e. The van der Waals surface area contributed by atoms with Gasteiger partial charge < -0.3 is 28.1 Å². The third kappa shape index (κ3) is 3.63. The first-order chi connectivity index (χ1) is 22.1. The summed E-state index contributed by atoms with van der Waals surface area (Å²) in [7, 11) is 0. The van der Waals surface area contributed by atoms with E-state index in [0.717, 1.165) is 0 Å². The molecule has 6 atom stereocenters. The molecule has 2 aromatic rings. The third-order valence-electron chi connectivity index (χ3n) is 13.4. The van der Waals surface area contributed by atoms with Crippen molar-refractivity contribution in [3.05, 3.63) is 39.7 Å². The summed E-state index contributed by atoms with van der Waals surface area (Å²) >= 11 is 0. The lowest BCUT2D eigenvalue weighted by molar-refractivity contribution is -0.217. The van der Waals surface area contributed by atoms with Crippen LogP contribution < -0.4 is 10.2 Å². The zero-order chi connectivity index (χ0) is 35.2. The summed E-state index contributed by atoms with van der Waals surface area (Å²) in [6.45, 7) is 18.0. The number of carbonyl (C=O) groups excluding carboxylic acids is 4. The van der Waals surface area contributed by atoms with E-state index in [1.165, 1.54) is 6.07 Å². The molecule has 2 aliphatic carbocycles. The maximum absolute atomic E-state index is 14.6. The summed E-state index contributed by atoms with van der Waals surface area (Å²) < 4.78 is 37.3. The molecule has 4 bridgehead atoms. The molecule has 258 valence electrons. The van der Waals surface area contributed by atoms with Crippen molar-refractivity contribution in [2.75, 3.05) is 0 Å². The molecule has 4 fully saturated rings. The molecule has 0 N–H and O–H groups in total. The molecular weight excluding hydrogens is 620 g/mol. The van der Waals surface area contributed by atoms with E-state index in [0.29, 0.717) is 18.6 Å². The van der Waals surface area contributed by atoms with E-state index >= 15 is 0 Å². The van der Waals surface area contributed by atoms with Crippen LogP contribution in [0.15, 0.2) is 27.4 Å². The Kier molecular flexibility index (Phi) is 6.40. The van der Waals surface area contributed by atoms with Crippen LogP contribution >= 0.6 is 0 Å². The number of esters is 4. The summed E-state index contributed by atoms with van der Waals surface area (Å²) in [6, 6.07) is 4.63. The quantitative estimate of drug-likeness (QED) is 0.281. The largest absolute Gasteiger partial charge is 0.483 e. The van der Waals surface area contributed by atoms with Crippen molar-refractivity contribution in [2.45, 2.75) is 130 Å². The summed E-state index contributed by atoms with van der Waals surface area (Å²) in [5, 5.41) is 0.225. The molecular formula is C37H44O11. The Morgan fingerprint density at radius 1 is 0.750 bits per heavy atom. The SMILES string of the molecule is CC(C)c1cc(=O)c2ccc3c(c2o1)[C@@H](OC(=O)C12CCC(C)(C(=O)O1)C2(C)C)[C@@H](OC(=O)C12CCC(C)(C(=O)O1)C2(C)C)C(C)(C)O3. The van der Waals surface area contributed by atoms with E-state index in [-0.39, 0.29) is 46.5 Å². The van der Waals surface area contributed by atoms with Crippen molar-refractivity contribution < 1.29 is 47.3 Å². The van der Waals surface area contributed by atoms with Gasteiger partial charge in [0, 0.05) is 22.8 Å². The van der Waals surface area contributed by atoms with Gasteiger partial charge in [0.15, 0.2) is 17.6 Å². The van der Waals surface area contributed by atoms with Gasteiger partial charge in [0.1, 0.15) is 22.7 Å². The van der Waals surface area contributed by atoms with E-state index in [1.54, 1.807) is 39.8 Å². The van der Waals surface area contributed by atoms with Crippen LogP contribution in [0.4, 0.5) is 0 Å². The standard InChI is InChI=1S/C37H44O11/c1-18(2)22-17-20(38)19-11-12-21-23(24(19)43-22)25(44-29(41)36-15-13-34(9,27(39)47-36)32(36,5)6)26(31(3,4)46-21)45-30(42)37-16-14-35(10,28(40)48-37)33(37,7)8/h11-12,17-18,25-26H,13-16H2,1-10H3/t25-,26-,34?,35?,36?,37?/m1/s1. The molecule has 3 aliphatic heterocycles. The average molecular weight is 665 g/mol. The van der Waals surface area contributed by atoms with Crippen LogP contribution in [0.2, 0.25) is 0 Å². The van der Waals surface area contributed by atoms with Crippen LogP contribution in [0.3, 0.4) is 0 Å². The molecule has 1 aromatic heterocycles. The van der Waals surface area contributed by atoms with Crippen molar-refractivity contribution in [3.63, 3.8) is 0 Å². The van der Waals surface area contributed by atoms with Gasteiger partial charge in [-0.1, -0.05) is 41.5 Å². The smallest absolute Gasteiger partial charge is 0.351 e. The van der Waals surface area contributed by atoms with Gasteiger partial charge in [-0.25, -0.2) is 9.59 Å². The summed E-state index contributed by atoms with van der Waals surface area (Å²) in [6.07, 6.45) is -1.29. The molecule has 11 nitrogen and oxygen atoms in total. The number of rotatable bonds is 5. The Balaban J connectivity index is 1.39. The van der Waals surface area contributed by atoms with Crippen LogP contribution in [0.5, 0.6) is 5.75 Å². The lowest BCUT2D eigenvalue weighted by Gasteiger charge is -2.45. The molecule has 11 heteroatoms. The van der Waals surface area contributed by atoms with Crippen LogP contribution in [-0.2, 0) is 38.1 Å². The first kappa shape index (κ1) is 32.6. The maximum atomic E-state index is 14.6. The fourth-order valence-electron chi connectivity index (χ4n) is 8.89. The number of hydrogen-bond acceptors (Lipinski definition) is 11. The van der Waals surface area contributed by atoms with Gasteiger partial charge in [-0.05, 0) is 65.5 Å². The van der Waals surface area contributed by atoms with E-state index in [2.05, 4.69) is 0 Å². The monoisotopic (exact) mass is 664 g/mol. The van der Waals surface area contributed by atoms with Crippen molar-refractivity contribution in [3.8, 4) is 5.75 Å². The van der Waals surface area contributed by atoms with Gasteiger partial charge >= 0.3 is 23.9 Å². The molecule has 0 radical (unpaired) electrons. The maximum Gasteiger partial charge on any atom is 0.351 e. The molecule has 0 amide bonds. The molecule has 2 saturated carbocycles. The highest BCUT2D eigenvalue weighted by molar-refractivity contribution is 5.95. The highest BCUT2D eigenvalue weighted by Crippen LogP contribution is 2.67. The first-order valence-corrected chi connectivity index (χ1v) is 16.8. The number of fused-ring (bicyclic) bond motifs is 7. The van der Waals surface area contributed by atoms with Gasteiger partial charge in [-0.15, -0.1) is 0 Å². The fraction of sp³-hybridized carbons (Fsp3) is 0.649. The molecule has 4 unspecified atom stereocenters. The van der Waals surface area contributed by atoms with E-state index < -0.39 is 74.5 Å². The van der Waals surface area contributed by atoms with Crippen molar-refractivity contribution in [1.82, 2.24) is 0 Å². The van der Waals surface area contributed by atoms with Crippen LogP contribution in [-0.4, -0.2) is 46.8 Å². The lowest BCUT2D eigenvalue weighted by atomic mass is 9.66. The average Bonchev–Trinajstić information content (AvgIpc) is 3.46. The van der Waals surface area contributed by atoms with Gasteiger partial charge in [-0.3, -0.25) is 14.4 Å². The second kappa shape index (κ2) is 9.41. The molecule has 5 aliphatic rings. The van der Waals surface area contributed by atoms with E-state index in [4.69, 9.17) is 28.1 Å². The Morgan fingerprint density at radius 3 is 1.73 bits per heavy atom. The zero-order valence-electron chi connectivity index (χ0n) is 29.3. The number of ether oxygens (including phenoxy) is 5. The van der Waals surface area contributed by atoms with E-state index in [9.17, 15) is 24.0 Å². The van der Waals surface area contributed by atoms with Crippen molar-refractivity contribution in [1.29, 1.82) is 0 Å². The second-order valence-corrected chi connectivity index (χ2v) is 16.7. The minimum atomic E-state index is -1.60. The molecule has 2 saturated heterocycles. The van der Waals surface area contributed by atoms with Crippen LogP contribution in [0, 0.1) is 21.7 Å². The number of benzene rings is 1. The normalized spacial score (nSPS) is 36.4. The molecule has 1 aromatic carbocycles. The Morgan fingerprint density at radius 2 is 1.27 bits per heavy atom. The van der Waals surface area contributed by atoms with Crippen LogP contribution in [0.25, 0.3) is 11.0 Å². The minimum absolute atomic E-state index is 0.133. The Bertz CT molecular complexity index is 1880. The third-order valence-corrected chi connectivity index (χ3v) is 13.4. The molecule has 48 heavy (non-hydrogen) atoms. The van der Waals surface area contributed by atoms with E-state index in [1.807, 2.05) is 41.5 Å². The molecule has 4 heterocycles. The van der Waals surface area contributed by atoms with Gasteiger partial charge in [-0.2, -0.15) is 0 Å². The second-order valence-electron chi connectivity index (χ2n) is 16.7. The number of carbonyl (C=O) groups is 4. The lowest BCUT2D eigenvalue weighted by Crippen LogP contribution is -2.57. The Labute approximate surface area is 278 Å². The summed E-state index contributed by atoms with van der Waals surface area (Å²) in [5.74, 6) is -1.99. The fourth-order valence-corrected chi connectivity index (χ4v) is 8.89. The predicted octanol–water partition coefficient (Wildman–Crippen LogP) is 5.83. The topological polar surface area (TPSA) is 145 Å². The summed E-state index contributed by atoms with van der Waals surface area (Å²) in [5.41, 5.74) is -8.03. The molecule has 0 spiro atoms. The van der Waals surface area contributed by atoms with Crippen molar-refractivity contribution >= 4 is 34.8 Å². The number of hydrogen-bond donors (Lipinski definition) is 0.